The number of nitrogens with two attached hydrogens (primary N) is 4. The van der Waals surface area contributed by atoms with E-state index in [0.717, 1.165) is 33.5 Å². The van der Waals surface area contributed by atoms with E-state index in [1.54, 1.807) is 0 Å². The van der Waals surface area contributed by atoms with Crippen molar-refractivity contribution < 1.29 is 95.7 Å². The minimum absolute atomic E-state index is 0.00846. The summed E-state index contributed by atoms with van der Waals surface area (Å²) in [4.78, 5) is 96.8. The van der Waals surface area contributed by atoms with E-state index in [9.17, 15) is 54.0 Å². The number of ether oxygens (including phenoxy) is 7. The number of rotatable bonds is 29. The van der Waals surface area contributed by atoms with E-state index in [0.29, 0.717) is 28.9 Å². The van der Waals surface area contributed by atoms with Gasteiger partial charge in [0.15, 0.2) is 70.2 Å². The number of terminal acetylenes is 2. The molecule has 12 heterocycles. The van der Waals surface area contributed by atoms with Gasteiger partial charge >= 0.3 is 0 Å². The van der Waals surface area contributed by atoms with Crippen LogP contribution in [0.3, 0.4) is 0 Å². The van der Waals surface area contributed by atoms with Crippen molar-refractivity contribution in [2.45, 2.75) is 150 Å². The lowest BCUT2D eigenvalue weighted by Crippen LogP contribution is -2.37. The van der Waals surface area contributed by atoms with Crippen LogP contribution in [0, 0.1) is 24.7 Å². The largest absolute Gasteiger partial charge is 0.756 e. The van der Waals surface area contributed by atoms with Crippen LogP contribution in [0.15, 0.2) is 57.8 Å². The van der Waals surface area contributed by atoms with Crippen molar-refractivity contribution in [1.29, 1.82) is 0 Å². The van der Waals surface area contributed by atoms with Crippen LogP contribution < -0.4 is 43.8 Å². The molecule has 4 fully saturated rings. The van der Waals surface area contributed by atoms with E-state index >= 15 is 0 Å². The number of hydrogen-bond acceptors (Lipinski definition) is 38. The van der Waals surface area contributed by atoms with Crippen molar-refractivity contribution >= 4 is 83.8 Å². The molecule has 107 heavy (non-hydrogen) atoms. The van der Waals surface area contributed by atoms with Crippen molar-refractivity contribution in [3.05, 3.63) is 79.6 Å². The summed E-state index contributed by atoms with van der Waals surface area (Å²) in [5.74, 6) is 4.71. The Balaban J connectivity index is 0.000000166. The minimum atomic E-state index is -4.49. The van der Waals surface area contributed by atoms with Crippen molar-refractivity contribution in [2.75, 3.05) is 83.3 Å². The number of fused-ring (bicyclic) bond motifs is 4. The lowest BCUT2D eigenvalue weighted by atomic mass is 10.1. The number of anilines is 4. The second kappa shape index (κ2) is 37.3. The summed E-state index contributed by atoms with van der Waals surface area (Å²) in [6.07, 6.45) is 10.3. The number of aromatic nitrogens is 16. The Hall–Kier alpha value is -9.52. The first-order chi connectivity index (χ1) is 51.3. The van der Waals surface area contributed by atoms with Gasteiger partial charge in [-0.15, -0.1) is 12.8 Å². The third-order valence-electron chi connectivity index (χ3n) is 16.7. The fourth-order valence-electron chi connectivity index (χ4n) is 11.6. The van der Waals surface area contributed by atoms with Gasteiger partial charge in [-0.05, 0) is 17.5 Å². The van der Waals surface area contributed by atoms with Crippen molar-refractivity contribution in [3.8, 4) is 24.7 Å². The van der Waals surface area contributed by atoms with Crippen LogP contribution >= 0.6 is 15.6 Å². The van der Waals surface area contributed by atoms with Gasteiger partial charge < -0.3 is 110 Å². The Morgan fingerprint density at radius 2 is 0.916 bits per heavy atom. The molecular formula is C57H76N26O22P2-2. The number of aromatic amines is 2. The molecule has 6 unspecified atom stereocenters. The molecule has 0 bridgehead atoms. The number of phosphoric acid groups is 2. The number of azide groups is 2. The molecule has 0 amide bonds. The van der Waals surface area contributed by atoms with E-state index in [4.69, 9.17) is 89.0 Å². The van der Waals surface area contributed by atoms with Crippen molar-refractivity contribution in [3.63, 3.8) is 0 Å². The quantitative estimate of drug-likeness (QED) is 0.00646. The maximum atomic E-state index is 12.0. The number of imidazole rings is 4. The van der Waals surface area contributed by atoms with Crippen LogP contribution in [0.2, 0.25) is 0 Å². The highest BCUT2D eigenvalue weighted by Crippen LogP contribution is 2.43. The fourth-order valence-corrected chi connectivity index (χ4v) is 12.5. The van der Waals surface area contributed by atoms with Gasteiger partial charge in [0.2, 0.25) is 11.9 Å². The summed E-state index contributed by atoms with van der Waals surface area (Å²) in [5, 5.41) is 59.1. The first kappa shape index (κ1) is 81.6. The first-order valence-electron chi connectivity index (χ1n) is 32.4. The fraction of sp³-hybridized carbons (Fsp3) is 0.579. The molecule has 4 saturated heterocycles. The standard InChI is InChI=1S/C19H30N8O4.2C14H18N5O7P.C10H12N8O4/c1-2-3-4-5-6-7-8-9-30-15-12(10-23-26-21)31-18(14(15)28)27-11-22-13-16(27)24-19(20)25-17(13)29;2*1-3-4-24-11-8(5-25-27(21,22)23-2)26-14(10(11)20)19-7-18-9-12(15)16-6-17-13(9)19;11-10-15-7-4(8(21)16-10)13-2-18(7)9-6(20)5(19)3(22-9)1-14-17-12/h11-12,14-15,18,28H,2-10H2,1H3,(H3,20,24,25,29);2*1,6-8,10-11,14,20H,4-5H2,2H3,(H,21,22)(H2,15,16,17);2-3,5-6,9,19-20H,1H2,(H3,11,15,16,21)/p-2/t12-,14+,15?,18-;2*8-,10+,11?,14-;3-,5?,6+,9-/m1111/s1. The Morgan fingerprint density at radius 1 is 0.542 bits per heavy atom. The molecule has 0 radical (unpaired) electrons. The predicted molar refractivity (Wildman–Crippen MR) is 364 cm³/mol. The first-order valence-corrected chi connectivity index (χ1v) is 35.4. The average Bonchev–Trinajstić information content (AvgIpc) is 1.64. The van der Waals surface area contributed by atoms with E-state index in [-0.39, 0.29) is 72.2 Å². The lowest BCUT2D eigenvalue weighted by molar-refractivity contribution is -0.227. The molecule has 50 heteroatoms. The van der Waals surface area contributed by atoms with E-state index in [2.05, 4.69) is 108 Å². The second-order valence-electron chi connectivity index (χ2n) is 23.5. The highest BCUT2D eigenvalue weighted by Gasteiger charge is 2.50. The molecule has 8 aromatic rings. The topological polar surface area (TPSA) is 699 Å². The summed E-state index contributed by atoms with van der Waals surface area (Å²) in [6.45, 7) is 1.40. The molecule has 0 aromatic carbocycles. The minimum Gasteiger partial charge on any atom is -0.756 e. The SMILES string of the molecule is C#CCOC1[C@@H](COP(=O)([O-])OC)O[C@@H](n2cnc3c(N)ncnc32)[C@H]1O.C#CCOC1[C@@H](COP(=O)([O-])OC)O[C@@H](n2cnc3c(N)ncnc32)[C@H]1O.CCCCCCCCCOC1[C@@H](CN=[N+]=[N-])O[C@@H](n2cnc3c(=O)[nH]c(N)nc32)[C@H]1O.[N-]=[N+]=NC[C@H]1O[C@@H](n2cnc3c(=O)[nH]c(N)nc32)[C@@H](O)C1O. The zero-order valence-corrected chi connectivity index (χ0v) is 58.9. The Morgan fingerprint density at radius 3 is 1.34 bits per heavy atom. The second-order valence-corrected chi connectivity index (χ2v) is 26.6. The molecule has 12 rings (SSSR count). The lowest BCUT2D eigenvalue weighted by Gasteiger charge is -2.24. The Kier molecular flexibility index (Phi) is 28.5. The summed E-state index contributed by atoms with van der Waals surface area (Å²) >= 11 is 0. The predicted octanol–water partition coefficient (Wildman–Crippen LogP) is -1.33. The molecule has 0 spiro atoms. The zero-order chi connectivity index (χ0) is 77.3. The third-order valence-corrected chi connectivity index (χ3v) is 18.5. The Labute approximate surface area is 603 Å². The molecular weight excluding hydrogens is 1460 g/mol. The van der Waals surface area contributed by atoms with Gasteiger partial charge in [-0.2, -0.15) is 9.97 Å². The maximum absolute atomic E-state index is 12.0. The number of aliphatic hydroxyl groups is 5. The average molecular weight is 1540 g/mol. The van der Waals surface area contributed by atoms with Crippen LogP contribution in [0.1, 0.15) is 76.8 Å². The van der Waals surface area contributed by atoms with Gasteiger partial charge in [0.05, 0.1) is 63.8 Å². The molecule has 0 aliphatic carbocycles. The summed E-state index contributed by atoms with van der Waals surface area (Å²) in [6, 6.07) is 0. The number of unbranched alkanes of at least 4 members (excludes halogenated alkanes) is 6. The number of hydrogen-bond donors (Lipinski definition) is 11. The van der Waals surface area contributed by atoms with E-state index in [1.165, 1.54) is 81.9 Å². The van der Waals surface area contributed by atoms with Gasteiger partial charge in [-0.25, -0.2) is 39.9 Å². The molecule has 48 nitrogen and oxygen atoms in total. The van der Waals surface area contributed by atoms with E-state index in [1.807, 2.05) is 0 Å². The molecule has 8 aromatic heterocycles. The number of nitrogens with zero attached hydrogens (tertiary/aromatic N) is 20. The summed E-state index contributed by atoms with van der Waals surface area (Å²) < 4.78 is 86.2. The summed E-state index contributed by atoms with van der Waals surface area (Å²) in [7, 11) is -7.04. The normalized spacial score (nSPS) is 26.4. The number of nitrogen functional groups attached to an aromatic ring is 4. The van der Waals surface area contributed by atoms with Crippen LogP contribution in [0.25, 0.3) is 65.5 Å². The highest BCUT2D eigenvalue weighted by atomic mass is 31.2. The highest BCUT2D eigenvalue weighted by molar-refractivity contribution is 7.46. The molecule has 0 saturated carbocycles. The number of phosphoric ester groups is 2. The number of H-pyrrole nitrogens is 2. The monoisotopic (exact) mass is 1540 g/mol. The third kappa shape index (κ3) is 19.4. The molecule has 4 aliphatic heterocycles. The smallest absolute Gasteiger partial charge is 0.280 e. The van der Waals surface area contributed by atoms with Gasteiger partial charge in [0.25, 0.3) is 26.8 Å². The molecule has 15 N–H and O–H groups in total. The van der Waals surface area contributed by atoms with Crippen LogP contribution in [-0.2, 0) is 60.4 Å². The van der Waals surface area contributed by atoms with Crippen molar-refractivity contribution in [1.82, 2.24) is 78.1 Å². The van der Waals surface area contributed by atoms with Crippen molar-refractivity contribution in [2.24, 2.45) is 10.2 Å². The zero-order valence-electron chi connectivity index (χ0n) is 57.1. The van der Waals surface area contributed by atoms with Gasteiger partial charge in [0.1, 0.15) is 97.9 Å². The Bertz CT molecular complexity index is 4580. The van der Waals surface area contributed by atoms with Crippen LogP contribution in [-0.4, -0.2) is 237 Å². The van der Waals surface area contributed by atoms with Gasteiger partial charge in [-0.1, -0.05) is 67.5 Å². The van der Waals surface area contributed by atoms with Gasteiger partial charge in [-0.3, -0.25) is 47.0 Å². The summed E-state index contributed by atoms with van der Waals surface area (Å²) in [5.41, 5.74) is 40.4. The van der Waals surface area contributed by atoms with E-state index < -0.39 is 138 Å². The number of nitrogens with one attached hydrogen (secondary N) is 2. The van der Waals surface area contributed by atoms with Gasteiger partial charge in [0, 0.05) is 30.6 Å². The number of aliphatic hydroxyl groups excluding tert-OH is 5. The molecule has 4 aliphatic rings. The molecule has 18 atom stereocenters. The molecule has 578 valence electrons. The van der Waals surface area contributed by atoms with Crippen LogP contribution in [0.5, 0.6) is 0 Å². The maximum Gasteiger partial charge on any atom is 0.280 e. The van der Waals surface area contributed by atoms with Crippen LogP contribution in [0.4, 0.5) is 23.5 Å².